The van der Waals surface area contributed by atoms with Gasteiger partial charge >= 0.3 is 6.03 Å². The van der Waals surface area contributed by atoms with Gasteiger partial charge in [-0.05, 0) is 30.0 Å². The topological polar surface area (TPSA) is 70.2 Å². The molecule has 0 saturated heterocycles. The van der Waals surface area contributed by atoms with Crippen LogP contribution >= 0.6 is 11.3 Å². The summed E-state index contributed by atoms with van der Waals surface area (Å²) in [5.74, 6) is -0.0587. The minimum Gasteiger partial charge on any atom is -0.356 e. The maximum atomic E-state index is 11.6. The van der Waals surface area contributed by atoms with Crippen molar-refractivity contribution in [2.75, 3.05) is 18.4 Å². The van der Waals surface area contributed by atoms with E-state index in [-0.39, 0.29) is 18.4 Å². The van der Waals surface area contributed by atoms with Crippen LogP contribution in [0.2, 0.25) is 0 Å². The zero-order valence-corrected chi connectivity index (χ0v) is 13.0. The third-order valence-corrected chi connectivity index (χ3v) is 3.88. The summed E-state index contributed by atoms with van der Waals surface area (Å²) in [7, 11) is 0. The van der Waals surface area contributed by atoms with Gasteiger partial charge in [-0.2, -0.15) is 0 Å². The van der Waals surface area contributed by atoms with Crippen LogP contribution in [0.5, 0.6) is 0 Å². The fourth-order valence-electron chi connectivity index (χ4n) is 1.85. The second kappa shape index (κ2) is 8.84. The molecule has 0 aliphatic rings. The number of urea groups is 1. The van der Waals surface area contributed by atoms with Crippen molar-refractivity contribution in [3.63, 3.8) is 0 Å². The van der Waals surface area contributed by atoms with Crippen LogP contribution in [-0.2, 0) is 11.2 Å². The van der Waals surface area contributed by atoms with Crippen LogP contribution in [0.15, 0.2) is 47.8 Å². The van der Waals surface area contributed by atoms with Crippen molar-refractivity contribution >= 4 is 29.0 Å². The van der Waals surface area contributed by atoms with E-state index in [4.69, 9.17) is 0 Å². The average Bonchev–Trinajstić information content (AvgIpc) is 3.01. The molecule has 0 radical (unpaired) electrons. The zero-order valence-electron chi connectivity index (χ0n) is 12.2. The summed E-state index contributed by atoms with van der Waals surface area (Å²) in [4.78, 5) is 24.5. The van der Waals surface area contributed by atoms with Crippen molar-refractivity contribution in [2.24, 2.45) is 0 Å². The van der Waals surface area contributed by atoms with Crippen LogP contribution in [0.1, 0.15) is 11.3 Å². The number of hydrogen-bond acceptors (Lipinski definition) is 3. The van der Waals surface area contributed by atoms with E-state index in [9.17, 15) is 9.59 Å². The minimum atomic E-state index is -0.308. The summed E-state index contributed by atoms with van der Waals surface area (Å²) in [6.07, 6.45) is 1.11. The van der Waals surface area contributed by atoms with E-state index in [1.807, 2.05) is 35.7 Å². The highest BCUT2D eigenvalue weighted by atomic mass is 32.1. The van der Waals surface area contributed by atoms with Crippen LogP contribution < -0.4 is 16.0 Å². The van der Waals surface area contributed by atoms with Gasteiger partial charge in [-0.25, -0.2) is 4.79 Å². The molecule has 2 aromatic rings. The van der Waals surface area contributed by atoms with Crippen LogP contribution in [0.25, 0.3) is 0 Å². The lowest BCUT2D eigenvalue weighted by Crippen LogP contribution is -2.33. The predicted molar refractivity (Wildman–Crippen MR) is 89.1 cm³/mol. The Kier molecular flexibility index (Phi) is 6.44. The summed E-state index contributed by atoms with van der Waals surface area (Å²) in [6.45, 7) is 0.930. The lowest BCUT2D eigenvalue weighted by atomic mass is 10.3. The molecule has 0 unspecified atom stereocenters. The van der Waals surface area contributed by atoms with Gasteiger partial charge in [0, 0.05) is 30.1 Å². The molecule has 5 nitrogen and oxygen atoms in total. The van der Waals surface area contributed by atoms with Gasteiger partial charge in [0.1, 0.15) is 0 Å². The van der Waals surface area contributed by atoms with Crippen molar-refractivity contribution in [2.45, 2.75) is 12.8 Å². The molecule has 3 N–H and O–H groups in total. The Bertz CT molecular complexity index is 585. The number of carbonyl (C=O) groups excluding carboxylic acids is 2. The Morgan fingerprint density at radius 1 is 0.955 bits per heavy atom. The first kappa shape index (κ1) is 16.0. The first-order chi connectivity index (χ1) is 10.7. The van der Waals surface area contributed by atoms with E-state index in [0.29, 0.717) is 13.1 Å². The first-order valence-corrected chi connectivity index (χ1v) is 8.01. The largest absolute Gasteiger partial charge is 0.356 e. The Labute approximate surface area is 133 Å². The van der Waals surface area contributed by atoms with E-state index in [0.717, 1.165) is 12.1 Å². The smallest absolute Gasteiger partial charge is 0.319 e. The minimum absolute atomic E-state index is 0.0587. The number of hydrogen-bond donors (Lipinski definition) is 3. The third-order valence-electron chi connectivity index (χ3n) is 2.94. The fraction of sp³-hybridized carbons (Fsp3) is 0.250. The number of nitrogens with one attached hydrogen (secondary N) is 3. The highest BCUT2D eigenvalue weighted by molar-refractivity contribution is 7.09. The number of benzene rings is 1. The molecule has 0 aliphatic heterocycles. The monoisotopic (exact) mass is 317 g/mol. The molecular weight excluding hydrogens is 298 g/mol. The molecule has 0 spiro atoms. The Morgan fingerprint density at radius 2 is 1.77 bits per heavy atom. The second-order valence-corrected chi connectivity index (χ2v) is 5.71. The number of thiophene rings is 1. The maximum absolute atomic E-state index is 11.6. The fourth-order valence-corrected chi connectivity index (χ4v) is 2.56. The van der Waals surface area contributed by atoms with Crippen molar-refractivity contribution in [1.82, 2.24) is 10.6 Å². The van der Waals surface area contributed by atoms with E-state index in [1.54, 1.807) is 23.5 Å². The van der Waals surface area contributed by atoms with Crippen LogP contribution in [-0.4, -0.2) is 25.0 Å². The molecular formula is C16H19N3O2S. The summed E-state index contributed by atoms with van der Waals surface area (Å²) in [5, 5.41) is 10.2. The van der Waals surface area contributed by atoms with E-state index in [2.05, 4.69) is 16.0 Å². The van der Waals surface area contributed by atoms with Crippen molar-refractivity contribution in [1.29, 1.82) is 0 Å². The van der Waals surface area contributed by atoms with E-state index >= 15 is 0 Å². The number of rotatable bonds is 7. The van der Waals surface area contributed by atoms with Gasteiger partial charge in [-0.15, -0.1) is 11.3 Å². The van der Waals surface area contributed by atoms with Gasteiger partial charge < -0.3 is 16.0 Å². The molecule has 1 aromatic carbocycles. The normalized spacial score (nSPS) is 10.0. The molecule has 6 heteroatoms. The summed E-state index contributed by atoms with van der Waals surface area (Å²) >= 11 is 1.68. The Morgan fingerprint density at radius 3 is 2.50 bits per heavy atom. The van der Waals surface area contributed by atoms with Gasteiger partial charge in [-0.1, -0.05) is 24.3 Å². The maximum Gasteiger partial charge on any atom is 0.319 e. The quantitative estimate of drug-likeness (QED) is 0.734. The molecule has 0 aliphatic carbocycles. The van der Waals surface area contributed by atoms with Gasteiger partial charge in [0.2, 0.25) is 5.91 Å². The summed E-state index contributed by atoms with van der Waals surface area (Å²) in [6, 6.07) is 12.9. The van der Waals surface area contributed by atoms with Gasteiger partial charge in [0.25, 0.3) is 0 Å². The molecule has 0 bridgehead atoms. The number of anilines is 1. The van der Waals surface area contributed by atoms with Gasteiger partial charge in [0.05, 0.1) is 0 Å². The molecule has 0 atom stereocenters. The highest BCUT2D eigenvalue weighted by Crippen LogP contribution is 2.08. The first-order valence-electron chi connectivity index (χ1n) is 7.13. The summed E-state index contributed by atoms with van der Waals surface area (Å²) < 4.78 is 0. The molecule has 116 valence electrons. The van der Waals surface area contributed by atoms with Crippen molar-refractivity contribution in [3.05, 3.63) is 52.7 Å². The molecule has 0 fully saturated rings. The molecule has 1 aromatic heterocycles. The lowest BCUT2D eigenvalue weighted by molar-refractivity contribution is -0.120. The molecule has 3 amide bonds. The molecule has 0 saturated carbocycles. The molecule has 22 heavy (non-hydrogen) atoms. The number of para-hydroxylation sites is 1. The number of carbonyl (C=O) groups is 2. The van der Waals surface area contributed by atoms with Crippen LogP contribution in [0.3, 0.4) is 0 Å². The van der Waals surface area contributed by atoms with Crippen LogP contribution in [0.4, 0.5) is 10.5 Å². The second-order valence-electron chi connectivity index (χ2n) is 4.68. The summed E-state index contributed by atoms with van der Waals surface area (Å²) in [5.41, 5.74) is 0.723. The lowest BCUT2D eigenvalue weighted by Gasteiger charge is -2.08. The third kappa shape index (κ3) is 5.97. The SMILES string of the molecule is O=C(CCNC(=O)Nc1ccccc1)NCCc1cccs1. The van der Waals surface area contributed by atoms with Crippen LogP contribution in [0, 0.1) is 0 Å². The Hall–Kier alpha value is -2.34. The standard InChI is InChI=1S/C16H19N3O2S/c20-15(17-10-8-14-7-4-12-22-14)9-11-18-16(21)19-13-5-2-1-3-6-13/h1-7,12H,8-11H2,(H,17,20)(H2,18,19,21). The number of amides is 3. The average molecular weight is 317 g/mol. The highest BCUT2D eigenvalue weighted by Gasteiger charge is 2.04. The molecule has 1 heterocycles. The van der Waals surface area contributed by atoms with E-state index < -0.39 is 0 Å². The molecule has 2 rings (SSSR count). The zero-order chi connectivity index (χ0) is 15.6. The van der Waals surface area contributed by atoms with Gasteiger partial charge in [0.15, 0.2) is 0 Å². The Balaban J connectivity index is 1.55. The van der Waals surface area contributed by atoms with Gasteiger partial charge in [-0.3, -0.25) is 4.79 Å². The van der Waals surface area contributed by atoms with Crippen molar-refractivity contribution < 1.29 is 9.59 Å². The predicted octanol–water partition coefficient (Wildman–Crippen LogP) is 2.62. The van der Waals surface area contributed by atoms with Crippen molar-refractivity contribution in [3.8, 4) is 0 Å². The van der Waals surface area contributed by atoms with E-state index in [1.165, 1.54) is 4.88 Å².